The Morgan fingerprint density at radius 2 is 1.97 bits per heavy atom. The van der Waals surface area contributed by atoms with Gasteiger partial charge in [0.1, 0.15) is 17.1 Å². The highest BCUT2D eigenvalue weighted by atomic mass is 32.2. The SMILES string of the molecule is O=C(O)C1=C(C(CCCCCS(=O)(=O)O)Sc2nn[nH]n2)CS[C@H]2C(NC(=O)C(O)c3ccccc3)C(=O)N12. The van der Waals surface area contributed by atoms with Gasteiger partial charge in [-0.15, -0.1) is 22.0 Å². The van der Waals surface area contributed by atoms with Crippen LogP contribution in [0.2, 0.25) is 0 Å². The summed E-state index contributed by atoms with van der Waals surface area (Å²) in [5.74, 6) is -2.80. The minimum Gasteiger partial charge on any atom is -0.477 e. The molecule has 1 fully saturated rings. The zero-order valence-corrected chi connectivity index (χ0v) is 22.8. The van der Waals surface area contributed by atoms with Gasteiger partial charge in [0.15, 0.2) is 6.10 Å². The van der Waals surface area contributed by atoms with E-state index < -0.39 is 50.7 Å². The van der Waals surface area contributed by atoms with E-state index in [2.05, 4.69) is 25.9 Å². The highest BCUT2D eigenvalue weighted by Crippen LogP contribution is 2.44. The van der Waals surface area contributed by atoms with Crippen molar-refractivity contribution in [3.63, 3.8) is 0 Å². The number of aliphatic carboxylic acids is 1. The van der Waals surface area contributed by atoms with E-state index in [1.54, 1.807) is 30.3 Å². The Morgan fingerprint density at radius 3 is 2.62 bits per heavy atom. The third-order valence-electron chi connectivity index (χ3n) is 6.19. The highest BCUT2D eigenvalue weighted by molar-refractivity contribution is 8.01. The van der Waals surface area contributed by atoms with E-state index in [-0.39, 0.29) is 28.8 Å². The Hall–Kier alpha value is -2.99. The molecule has 0 saturated carbocycles. The minimum atomic E-state index is -4.07. The lowest BCUT2D eigenvalue weighted by Gasteiger charge is -2.50. The number of benzene rings is 1. The first-order valence-electron chi connectivity index (χ1n) is 11.9. The predicted molar refractivity (Wildman–Crippen MR) is 140 cm³/mol. The molecule has 39 heavy (non-hydrogen) atoms. The number of fused-ring (bicyclic) bond motifs is 1. The number of nitrogens with zero attached hydrogens (tertiary/aromatic N) is 4. The maximum atomic E-state index is 13.1. The molecule has 1 aromatic carbocycles. The number of aromatic nitrogens is 4. The maximum Gasteiger partial charge on any atom is 0.352 e. The van der Waals surface area contributed by atoms with Crippen molar-refractivity contribution >= 4 is 51.4 Å². The third-order valence-corrected chi connectivity index (χ3v) is 9.49. The summed E-state index contributed by atoms with van der Waals surface area (Å²) >= 11 is 2.46. The van der Waals surface area contributed by atoms with Crippen LogP contribution in [-0.4, -0.2) is 94.7 Å². The van der Waals surface area contributed by atoms with Crippen molar-refractivity contribution < 1.29 is 37.6 Å². The monoisotopic (exact) mass is 598 g/mol. The van der Waals surface area contributed by atoms with Crippen LogP contribution in [0.25, 0.3) is 0 Å². The lowest BCUT2D eigenvalue weighted by molar-refractivity contribution is -0.151. The number of amides is 2. The van der Waals surface area contributed by atoms with Crippen LogP contribution in [0.1, 0.15) is 37.4 Å². The molecule has 2 aliphatic heterocycles. The number of hydrogen-bond acceptors (Lipinski definition) is 11. The van der Waals surface area contributed by atoms with E-state index in [9.17, 15) is 33.0 Å². The first kappa shape index (κ1) is 29.0. The Kier molecular flexibility index (Phi) is 9.27. The number of aliphatic hydroxyl groups is 1. The number of H-pyrrole nitrogens is 1. The number of unbranched alkanes of at least 4 members (excludes halogenated alkanes) is 2. The van der Waals surface area contributed by atoms with Crippen molar-refractivity contribution in [2.24, 2.45) is 0 Å². The van der Waals surface area contributed by atoms with Gasteiger partial charge in [-0.1, -0.05) is 54.9 Å². The fourth-order valence-electron chi connectivity index (χ4n) is 4.33. The summed E-state index contributed by atoms with van der Waals surface area (Å²) in [5, 5.41) is 35.8. The molecule has 4 rings (SSSR count). The Morgan fingerprint density at radius 1 is 1.23 bits per heavy atom. The van der Waals surface area contributed by atoms with Crippen LogP contribution in [0.4, 0.5) is 0 Å². The van der Waals surface area contributed by atoms with Gasteiger partial charge in [0.25, 0.3) is 21.9 Å². The number of rotatable bonds is 13. The van der Waals surface area contributed by atoms with Crippen LogP contribution in [0.5, 0.6) is 0 Å². The molecule has 0 spiro atoms. The molecular weight excluding hydrogens is 572 g/mol. The number of tetrazole rings is 1. The average Bonchev–Trinajstić information content (AvgIpc) is 3.42. The van der Waals surface area contributed by atoms with Gasteiger partial charge in [-0.05, 0) is 29.2 Å². The Labute approximate surface area is 231 Å². The summed E-state index contributed by atoms with van der Waals surface area (Å²) in [4.78, 5) is 39.2. The molecule has 2 amide bonds. The first-order chi connectivity index (χ1) is 18.6. The largest absolute Gasteiger partial charge is 0.477 e. The van der Waals surface area contributed by atoms with Crippen LogP contribution in [-0.2, 0) is 24.5 Å². The second-order valence-electron chi connectivity index (χ2n) is 8.82. The van der Waals surface area contributed by atoms with Crippen molar-refractivity contribution in [3.8, 4) is 0 Å². The summed E-state index contributed by atoms with van der Waals surface area (Å²) < 4.78 is 30.9. The average molecular weight is 599 g/mol. The number of aromatic amines is 1. The van der Waals surface area contributed by atoms with Crippen molar-refractivity contribution in [1.29, 1.82) is 0 Å². The van der Waals surface area contributed by atoms with Crippen molar-refractivity contribution in [2.45, 2.75) is 53.6 Å². The number of aliphatic hydroxyl groups excluding tert-OH is 1. The van der Waals surface area contributed by atoms with E-state index in [1.807, 2.05) is 0 Å². The molecule has 1 saturated heterocycles. The smallest absolute Gasteiger partial charge is 0.352 e. The second kappa shape index (κ2) is 12.5. The molecule has 17 heteroatoms. The number of carbonyl (C=O) groups excluding carboxylic acids is 2. The Bertz CT molecular complexity index is 1340. The van der Waals surface area contributed by atoms with Crippen molar-refractivity contribution in [1.82, 2.24) is 30.8 Å². The number of β-lactam (4-membered cyclic amide) rings is 1. The molecule has 0 radical (unpaired) electrons. The molecule has 2 aromatic rings. The lowest BCUT2D eigenvalue weighted by atomic mass is 9.98. The fraction of sp³-hybridized carbons (Fsp3) is 0.455. The van der Waals surface area contributed by atoms with E-state index in [0.717, 1.165) is 4.90 Å². The van der Waals surface area contributed by atoms with Gasteiger partial charge in [0.05, 0.1) is 5.75 Å². The summed E-state index contributed by atoms with van der Waals surface area (Å²) in [7, 11) is -4.07. The third kappa shape index (κ3) is 6.96. The molecule has 5 N–H and O–H groups in total. The van der Waals surface area contributed by atoms with Gasteiger partial charge in [-0.3, -0.25) is 19.0 Å². The molecule has 3 heterocycles. The number of carbonyl (C=O) groups is 3. The van der Waals surface area contributed by atoms with Crippen LogP contribution in [0.15, 0.2) is 46.8 Å². The molecule has 1 aromatic heterocycles. The van der Waals surface area contributed by atoms with Crippen LogP contribution < -0.4 is 5.32 Å². The standard InChI is InChI=1S/C22H26N6O8S3/c29-17(12-7-3-1-4-8-12)18(30)23-15-19(31)28-16(21(32)33)13(11-37-20(15)28)14(38-22-24-26-27-25-22)9-5-2-6-10-39(34,35)36/h1,3-4,7-8,14-15,17,20,29H,2,5-6,9-11H2,(H,23,30)(H,32,33)(H,34,35,36)(H,24,25,26,27)/t14?,15?,17?,20-/m0/s1. The van der Waals surface area contributed by atoms with Crippen LogP contribution in [0, 0.1) is 0 Å². The number of carboxylic acid groups (broad SMARTS) is 1. The van der Waals surface area contributed by atoms with Crippen molar-refractivity contribution in [2.75, 3.05) is 11.5 Å². The maximum absolute atomic E-state index is 13.1. The zero-order valence-electron chi connectivity index (χ0n) is 20.3. The van der Waals surface area contributed by atoms with E-state index in [4.69, 9.17) is 4.55 Å². The number of thioether (sulfide) groups is 2. The second-order valence-corrected chi connectivity index (χ2v) is 12.7. The summed E-state index contributed by atoms with van der Waals surface area (Å²) in [6, 6.07) is 7.23. The molecule has 210 valence electrons. The Balaban J connectivity index is 1.49. The van der Waals surface area contributed by atoms with Crippen LogP contribution >= 0.6 is 23.5 Å². The van der Waals surface area contributed by atoms with Gasteiger partial charge in [-0.2, -0.15) is 13.6 Å². The summed E-state index contributed by atoms with van der Waals surface area (Å²) in [6.45, 7) is 0. The number of nitrogens with one attached hydrogen (secondary N) is 2. The quantitative estimate of drug-likeness (QED) is 0.0924. The summed E-state index contributed by atoms with van der Waals surface area (Å²) in [5.41, 5.74) is 0.647. The number of carboxylic acids is 1. The molecule has 0 aliphatic carbocycles. The normalized spacial score (nSPS) is 20.7. The molecule has 14 nitrogen and oxygen atoms in total. The van der Waals surface area contributed by atoms with Gasteiger partial charge >= 0.3 is 5.97 Å². The zero-order chi connectivity index (χ0) is 28.2. The molecule has 2 aliphatic rings. The van der Waals surface area contributed by atoms with Crippen molar-refractivity contribution in [3.05, 3.63) is 47.2 Å². The van der Waals surface area contributed by atoms with Gasteiger partial charge in [0.2, 0.25) is 5.16 Å². The van der Waals surface area contributed by atoms with E-state index in [0.29, 0.717) is 30.4 Å². The summed E-state index contributed by atoms with van der Waals surface area (Å²) in [6.07, 6.45) is 0.159. The molecular formula is C22H26N6O8S3. The van der Waals surface area contributed by atoms with Crippen LogP contribution in [0.3, 0.4) is 0 Å². The molecule has 3 unspecified atom stereocenters. The minimum absolute atomic E-state index is 0.184. The van der Waals surface area contributed by atoms with Gasteiger partial charge in [0, 0.05) is 11.0 Å². The van der Waals surface area contributed by atoms with E-state index >= 15 is 0 Å². The lowest BCUT2D eigenvalue weighted by Crippen LogP contribution is -2.71. The van der Waals surface area contributed by atoms with E-state index in [1.165, 1.54) is 23.5 Å². The van der Waals surface area contributed by atoms with Gasteiger partial charge < -0.3 is 15.5 Å². The predicted octanol–water partition coefficient (Wildman–Crippen LogP) is 0.581. The highest BCUT2D eigenvalue weighted by Gasteiger charge is 2.55. The van der Waals surface area contributed by atoms with Gasteiger partial charge in [-0.25, -0.2) is 4.79 Å². The first-order valence-corrected chi connectivity index (χ1v) is 15.4. The topological polar surface area (TPSA) is 216 Å². The molecule has 0 bridgehead atoms. The fourth-order valence-corrected chi connectivity index (χ4v) is 7.49. The molecule has 4 atom stereocenters. The number of hydrogen-bond donors (Lipinski definition) is 5.